The van der Waals surface area contributed by atoms with Gasteiger partial charge in [0, 0.05) is 18.8 Å². The van der Waals surface area contributed by atoms with E-state index in [4.69, 9.17) is 4.74 Å². The smallest absolute Gasteiger partial charge is 0.253 e. The lowest BCUT2D eigenvalue weighted by atomic mass is 10.1. The van der Waals surface area contributed by atoms with Gasteiger partial charge in [0.1, 0.15) is 0 Å². The second kappa shape index (κ2) is 11.5. The fourth-order valence-electron chi connectivity index (χ4n) is 3.24. The summed E-state index contributed by atoms with van der Waals surface area (Å²) in [4.78, 5) is 36.9. The highest BCUT2D eigenvalue weighted by Crippen LogP contribution is 2.17. The van der Waals surface area contributed by atoms with Crippen LogP contribution in [0.3, 0.4) is 0 Å². The van der Waals surface area contributed by atoms with Gasteiger partial charge in [-0.05, 0) is 49.6 Å². The Hall–Kier alpha value is -2.84. The fraction of sp³-hybridized carbons (Fsp3) is 0.348. The minimum Gasteiger partial charge on any atom is -0.376 e. The molecule has 31 heavy (non-hydrogen) atoms. The molecule has 2 aromatic rings. The van der Waals surface area contributed by atoms with Crippen LogP contribution in [0.2, 0.25) is 0 Å². The maximum absolute atomic E-state index is 12.5. The summed E-state index contributed by atoms with van der Waals surface area (Å²) in [5.41, 5.74) is 2.64. The number of aryl methyl sites for hydroxylation is 1. The van der Waals surface area contributed by atoms with Gasteiger partial charge >= 0.3 is 0 Å². The average Bonchev–Trinajstić information content (AvgIpc) is 3.26. The molecule has 1 atom stereocenters. The first-order valence-corrected chi connectivity index (χ1v) is 11.4. The largest absolute Gasteiger partial charge is 0.376 e. The zero-order chi connectivity index (χ0) is 22.1. The molecule has 7 nitrogen and oxygen atoms in total. The molecule has 0 saturated carbocycles. The molecule has 1 aliphatic heterocycles. The standard InChI is InChI=1S/C23H27N3O4S/c1-16-6-4-7-17(12-16)25-21(27)14-31-15-22(28)26-20-10-3-2-9-19(20)23(29)24-13-18-8-5-11-30-18/h2-4,6-7,9-10,12,18H,5,8,11,13-15H2,1H3,(H,24,29)(H,25,27)(H,26,28). The molecule has 1 aliphatic rings. The van der Waals surface area contributed by atoms with E-state index in [1.807, 2.05) is 31.2 Å². The summed E-state index contributed by atoms with van der Waals surface area (Å²) in [5.74, 6) is -0.431. The van der Waals surface area contributed by atoms with E-state index in [-0.39, 0.29) is 35.3 Å². The van der Waals surface area contributed by atoms with E-state index in [2.05, 4.69) is 16.0 Å². The molecule has 3 rings (SSSR count). The Morgan fingerprint density at radius 2 is 1.81 bits per heavy atom. The number of nitrogens with one attached hydrogen (secondary N) is 3. The van der Waals surface area contributed by atoms with Crippen molar-refractivity contribution in [1.82, 2.24) is 5.32 Å². The Labute approximate surface area is 186 Å². The lowest BCUT2D eigenvalue weighted by Gasteiger charge is -2.13. The molecule has 0 aliphatic carbocycles. The van der Waals surface area contributed by atoms with E-state index in [0.29, 0.717) is 17.8 Å². The summed E-state index contributed by atoms with van der Waals surface area (Å²) in [7, 11) is 0. The van der Waals surface area contributed by atoms with Gasteiger partial charge in [0.05, 0.1) is 28.9 Å². The molecule has 1 fully saturated rings. The minimum absolute atomic E-state index is 0.0491. The van der Waals surface area contributed by atoms with Crippen LogP contribution in [-0.4, -0.2) is 48.5 Å². The monoisotopic (exact) mass is 441 g/mol. The van der Waals surface area contributed by atoms with Gasteiger partial charge in [-0.15, -0.1) is 11.8 Å². The minimum atomic E-state index is -0.271. The average molecular weight is 442 g/mol. The third-order valence-electron chi connectivity index (χ3n) is 4.73. The number of amides is 3. The third-order valence-corrected chi connectivity index (χ3v) is 5.66. The van der Waals surface area contributed by atoms with Crippen LogP contribution in [0, 0.1) is 6.92 Å². The number of thioether (sulfide) groups is 1. The van der Waals surface area contributed by atoms with Crippen molar-refractivity contribution in [2.45, 2.75) is 25.9 Å². The summed E-state index contributed by atoms with van der Waals surface area (Å²) in [6, 6.07) is 14.4. The SMILES string of the molecule is Cc1cccc(NC(=O)CSCC(=O)Nc2ccccc2C(=O)NCC2CCCO2)c1. The molecule has 1 unspecified atom stereocenters. The molecule has 2 aromatic carbocycles. The van der Waals surface area contributed by atoms with E-state index in [0.717, 1.165) is 30.7 Å². The van der Waals surface area contributed by atoms with Crippen LogP contribution in [0.25, 0.3) is 0 Å². The maximum Gasteiger partial charge on any atom is 0.253 e. The molecule has 164 valence electrons. The second-order valence-corrected chi connectivity index (χ2v) is 8.33. The molecule has 8 heteroatoms. The van der Waals surface area contributed by atoms with E-state index in [1.54, 1.807) is 24.3 Å². The Morgan fingerprint density at radius 1 is 1.03 bits per heavy atom. The van der Waals surface area contributed by atoms with Crippen molar-refractivity contribution < 1.29 is 19.1 Å². The Balaban J connectivity index is 1.44. The van der Waals surface area contributed by atoms with Gasteiger partial charge in [-0.3, -0.25) is 14.4 Å². The quantitative estimate of drug-likeness (QED) is 0.555. The van der Waals surface area contributed by atoms with Crippen molar-refractivity contribution in [2.75, 3.05) is 35.3 Å². The molecular weight excluding hydrogens is 414 g/mol. The van der Waals surface area contributed by atoms with Crippen molar-refractivity contribution >= 4 is 40.9 Å². The van der Waals surface area contributed by atoms with Crippen LogP contribution < -0.4 is 16.0 Å². The molecule has 0 radical (unpaired) electrons. The van der Waals surface area contributed by atoms with Crippen molar-refractivity contribution in [2.24, 2.45) is 0 Å². The normalized spacial score (nSPS) is 15.3. The Kier molecular flexibility index (Phi) is 8.49. The van der Waals surface area contributed by atoms with Gasteiger partial charge in [-0.25, -0.2) is 0 Å². The highest BCUT2D eigenvalue weighted by Gasteiger charge is 2.18. The molecule has 1 heterocycles. The number of rotatable bonds is 9. The van der Waals surface area contributed by atoms with Gasteiger partial charge in [0.25, 0.3) is 5.91 Å². The number of benzene rings is 2. The summed E-state index contributed by atoms with van der Waals surface area (Å²) in [6.45, 7) is 3.14. The van der Waals surface area contributed by atoms with E-state index in [9.17, 15) is 14.4 Å². The highest BCUT2D eigenvalue weighted by molar-refractivity contribution is 8.00. The number of ether oxygens (including phenoxy) is 1. The van der Waals surface area contributed by atoms with Gasteiger partial charge in [0.2, 0.25) is 11.8 Å². The highest BCUT2D eigenvalue weighted by atomic mass is 32.2. The van der Waals surface area contributed by atoms with Gasteiger partial charge in [-0.2, -0.15) is 0 Å². The van der Waals surface area contributed by atoms with E-state index < -0.39 is 0 Å². The van der Waals surface area contributed by atoms with Crippen LogP contribution in [0.4, 0.5) is 11.4 Å². The first-order valence-electron chi connectivity index (χ1n) is 10.2. The lowest BCUT2D eigenvalue weighted by molar-refractivity contribution is -0.114. The number of hydrogen-bond donors (Lipinski definition) is 3. The van der Waals surface area contributed by atoms with Crippen LogP contribution >= 0.6 is 11.8 Å². The Morgan fingerprint density at radius 3 is 2.55 bits per heavy atom. The van der Waals surface area contributed by atoms with Crippen LogP contribution in [-0.2, 0) is 14.3 Å². The predicted molar refractivity (Wildman–Crippen MR) is 124 cm³/mol. The van der Waals surface area contributed by atoms with Crippen molar-refractivity contribution in [3.63, 3.8) is 0 Å². The number of hydrogen-bond acceptors (Lipinski definition) is 5. The Bertz CT molecular complexity index is 929. The summed E-state index contributed by atoms with van der Waals surface area (Å²) < 4.78 is 5.52. The summed E-state index contributed by atoms with van der Waals surface area (Å²) >= 11 is 1.21. The van der Waals surface area contributed by atoms with Crippen LogP contribution in [0.1, 0.15) is 28.8 Å². The summed E-state index contributed by atoms with van der Waals surface area (Å²) in [6.07, 6.45) is 1.99. The van der Waals surface area contributed by atoms with Crippen molar-refractivity contribution in [3.8, 4) is 0 Å². The van der Waals surface area contributed by atoms with E-state index >= 15 is 0 Å². The van der Waals surface area contributed by atoms with Gasteiger partial charge in [-0.1, -0.05) is 24.3 Å². The maximum atomic E-state index is 12.5. The fourth-order valence-corrected chi connectivity index (χ4v) is 3.86. The number of anilines is 2. The van der Waals surface area contributed by atoms with Gasteiger partial charge < -0.3 is 20.7 Å². The zero-order valence-corrected chi connectivity index (χ0v) is 18.3. The zero-order valence-electron chi connectivity index (χ0n) is 17.5. The van der Waals surface area contributed by atoms with Crippen LogP contribution in [0.5, 0.6) is 0 Å². The topological polar surface area (TPSA) is 96.5 Å². The first kappa shape index (κ1) is 22.8. The molecular formula is C23H27N3O4S. The predicted octanol–water partition coefficient (Wildman–Crippen LogP) is 3.21. The molecule has 3 N–H and O–H groups in total. The van der Waals surface area contributed by atoms with Gasteiger partial charge in [0.15, 0.2) is 0 Å². The third kappa shape index (κ3) is 7.41. The van der Waals surface area contributed by atoms with E-state index in [1.165, 1.54) is 11.8 Å². The molecule has 0 bridgehead atoms. The molecule has 1 saturated heterocycles. The summed E-state index contributed by atoms with van der Waals surface area (Å²) in [5, 5.41) is 8.45. The van der Waals surface area contributed by atoms with Crippen LogP contribution in [0.15, 0.2) is 48.5 Å². The first-order chi connectivity index (χ1) is 15.0. The second-order valence-electron chi connectivity index (χ2n) is 7.35. The van der Waals surface area contributed by atoms with Crippen molar-refractivity contribution in [3.05, 3.63) is 59.7 Å². The lowest BCUT2D eigenvalue weighted by Crippen LogP contribution is -2.32. The number of carbonyl (C=O) groups is 3. The van der Waals surface area contributed by atoms with Crippen molar-refractivity contribution in [1.29, 1.82) is 0 Å². The molecule has 0 spiro atoms. The number of carbonyl (C=O) groups excluding carboxylic acids is 3. The molecule has 0 aromatic heterocycles. The molecule has 3 amide bonds. The number of para-hydroxylation sites is 1.